The maximum absolute atomic E-state index is 12.0. The van der Waals surface area contributed by atoms with E-state index in [-0.39, 0.29) is 11.9 Å². The average molecular weight is 393 g/mol. The van der Waals surface area contributed by atoms with Crippen LogP contribution in [0.1, 0.15) is 39.9 Å². The normalized spacial score (nSPS) is 15.9. The average Bonchev–Trinajstić information content (AvgIpc) is 3.12. The van der Waals surface area contributed by atoms with Crippen LogP contribution in [0, 0.1) is 0 Å². The lowest BCUT2D eigenvalue weighted by molar-refractivity contribution is -0.123. The summed E-state index contributed by atoms with van der Waals surface area (Å²) in [5, 5.41) is 14.6. The van der Waals surface area contributed by atoms with Crippen LogP contribution in [0.5, 0.6) is 0 Å². The summed E-state index contributed by atoms with van der Waals surface area (Å²) >= 11 is 0. The fourth-order valence-electron chi connectivity index (χ4n) is 3.20. The monoisotopic (exact) mass is 392 g/mol. The van der Waals surface area contributed by atoms with Gasteiger partial charge in [-0.25, -0.2) is 0 Å². The summed E-state index contributed by atoms with van der Waals surface area (Å²) in [7, 11) is 0. The number of carbonyl (C=O) groups is 1. The predicted molar refractivity (Wildman–Crippen MR) is 111 cm³/mol. The molecule has 9 nitrogen and oxygen atoms in total. The van der Waals surface area contributed by atoms with Crippen molar-refractivity contribution in [3.63, 3.8) is 0 Å². The highest BCUT2D eigenvalue weighted by molar-refractivity contribution is 5.80. The Balaban J connectivity index is 1.82. The summed E-state index contributed by atoms with van der Waals surface area (Å²) in [4.78, 5) is 21.2. The molecule has 2 heterocycles. The van der Waals surface area contributed by atoms with Crippen LogP contribution >= 0.6 is 0 Å². The fraction of sp³-hybridized carbons (Fsp3) is 0.789. The third-order valence-corrected chi connectivity index (χ3v) is 4.62. The van der Waals surface area contributed by atoms with Crippen LogP contribution in [0.2, 0.25) is 0 Å². The van der Waals surface area contributed by atoms with Crippen molar-refractivity contribution in [2.24, 2.45) is 4.99 Å². The zero-order valence-electron chi connectivity index (χ0n) is 17.8. The van der Waals surface area contributed by atoms with Crippen LogP contribution in [-0.4, -0.2) is 88.3 Å². The standard InChI is InChI=1S/C19H36N8O/c1-5-7-20-19(21-8-9-27-15-22-24-17(27)6-2)26-12-10-25(11-13-26)14-18(28)23-16(3)4/h15-16H,5-14H2,1-4H3,(H,20,21)(H,23,28). The van der Waals surface area contributed by atoms with Gasteiger partial charge < -0.3 is 20.1 Å². The van der Waals surface area contributed by atoms with Crippen LogP contribution in [-0.2, 0) is 17.8 Å². The van der Waals surface area contributed by atoms with Gasteiger partial charge in [-0.05, 0) is 20.3 Å². The number of amides is 1. The lowest BCUT2D eigenvalue weighted by atomic mass is 10.3. The molecule has 28 heavy (non-hydrogen) atoms. The van der Waals surface area contributed by atoms with Crippen molar-refractivity contribution in [2.75, 3.05) is 45.8 Å². The minimum atomic E-state index is 0.0992. The van der Waals surface area contributed by atoms with E-state index in [4.69, 9.17) is 4.99 Å². The minimum absolute atomic E-state index is 0.0992. The van der Waals surface area contributed by atoms with Crippen LogP contribution < -0.4 is 10.6 Å². The number of hydrogen-bond acceptors (Lipinski definition) is 5. The molecule has 1 aliphatic rings. The summed E-state index contributed by atoms with van der Waals surface area (Å²) in [6.07, 6.45) is 3.68. The van der Waals surface area contributed by atoms with Gasteiger partial charge in [-0.15, -0.1) is 10.2 Å². The van der Waals surface area contributed by atoms with Crippen molar-refractivity contribution in [2.45, 2.75) is 53.1 Å². The predicted octanol–water partition coefficient (Wildman–Crippen LogP) is 0.338. The number of guanidine groups is 1. The van der Waals surface area contributed by atoms with Gasteiger partial charge >= 0.3 is 0 Å². The number of hydrogen-bond donors (Lipinski definition) is 2. The Hall–Kier alpha value is -2.16. The number of rotatable bonds is 9. The molecule has 1 aliphatic heterocycles. The highest BCUT2D eigenvalue weighted by atomic mass is 16.2. The van der Waals surface area contributed by atoms with Crippen LogP contribution in [0.3, 0.4) is 0 Å². The molecule has 1 fully saturated rings. The Morgan fingerprint density at radius 1 is 1.25 bits per heavy atom. The number of nitrogens with zero attached hydrogens (tertiary/aromatic N) is 6. The van der Waals surface area contributed by atoms with Crippen LogP contribution in [0.4, 0.5) is 0 Å². The highest BCUT2D eigenvalue weighted by Crippen LogP contribution is 2.03. The Morgan fingerprint density at radius 2 is 2.00 bits per heavy atom. The zero-order chi connectivity index (χ0) is 20.4. The van der Waals surface area contributed by atoms with Crippen LogP contribution in [0.25, 0.3) is 0 Å². The maximum atomic E-state index is 12.0. The SMILES string of the molecule is CCCN=C(NCCn1cnnc1CC)N1CCN(CC(=O)NC(C)C)CC1. The first-order valence-electron chi connectivity index (χ1n) is 10.4. The van der Waals surface area contributed by atoms with Crippen molar-refractivity contribution in [3.05, 3.63) is 12.2 Å². The quantitative estimate of drug-likeness (QED) is 0.465. The second-order valence-corrected chi connectivity index (χ2v) is 7.41. The van der Waals surface area contributed by atoms with E-state index in [1.807, 2.05) is 13.8 Å². The van der Waals surface area contributed by atoms with Gasteiger partial charge in [0.05, 0.1) is 6.54 Å². The molecule has 0 aromatic carbocycles. The summed E-state index contributed by atoms with van der Waals surface area (Å²) in [6, 6.07) is 0.185. The second-order valence-electron chi connectivity index (χ2n) is 7.41. The summed E-state index contributed by atoms with van der Waals surface area (Å²) in [6.45, 7) is 14.5. The van der Waals surface area contributed by atoms with E-state index in [9.17, 15) is 4.79 Å². The van der Waals surface area contributed by atoms with Crippen LogP contribution in [0.15, 0.2) is 11.3 Å². The molecule has 1 aromatic heterocycles. The fourth-order valence-corrected chi connectivity index (χ4v) is 3.20. The molecule has 0 unspecified atom stereocenters. The van der Waals surface area contributed by atoms with Gasteiger partial charge in [0.25, 0.3) is 0 Å². The molecule has 1 saturated heterocycles. The van der Waals surface area contributed by atoms with E-state index in [0.29, 0.717) is 6.54 Å². The minimum Gasteiger partial charge on any atom is -0.354 e. The lowest BCUT2D eigenvalue weighted by Crippen LogP contribution is -2.54. The molecule has 0 aliphatic carbocycles. The zero-order valence-corrected chi connectivity index (χ0v) is 17.8. The Labute approximate surface area is 168 Å². The second kappa shape index (κ2) is 11.6. The molecule has 1 amide bonds. The van der Waals surface area contributed by atoms with Gasteiger partial charge in [-0.1, -0.05) is 13.8 Å². The Kier molecular flexibility index (Phi) is 9.19. The largest absolute Gasteiger partial charge is 0.354 e. The molecule has 0 atom stereocenters. The molecule has 158 valence electrons. The Bertz CT molecular complexity index is 619. The van der Waals surface area contributed by atoms with E-state index in [1.54, 1.807) is 6.33 Å². The first-order valence-corrected chi connectivity index (χ1v) is 10.4. The molecular formula is C19H36N8O. The lowest BCUT2D eigenvalue weighted by Gasteiger charge is -2.36. The Morgan fingerprint density at radius 3 is 2.64 bits per heavy atom. The molecule has 0 spiro atoms. The van der Waals surface area contributed by atoms with E-state index in [1.165, 1.54) is 0 Å². The summed E-state index contributed by atoms with van der Waals surface area (Å²) in [5.41, 5.74) is 0. The van der Waals surface area contributed by atoms with Crippen molar-refractivity contribution >= 4 is 11.9 Å². The molecule has 0 bridgehead atoms. The highest BCUT2D eigenvalue weighted by Gasteiger charge is 2.21. The first kappa shape index (κ1) is 22.1. The maximum Gasteiger partial charge on any atom is 0.234 e. The van der Waals surface area contributed by atoms with E-state index >= 15 is 0 Å². The van der Waals surface area contributed by atoms with Crippen molar-refractivity contribution in [3.8, 4) is 0 Å². The van der Waals surface area contributed by atoms with Gasteiger partial charge in [0.2, 0.25) is 5.91 Å². The molecule has 9 heteroatoms. The molecule has 2 N–H and O–H groups in total. The van der Waals surface area contributed by atoms with E-state index in [0.717, 1.165) is 70.4 Å². The molecule has 0 saturated carbocycles. The van der Waals surface area contributed by atoms with E-state index in [2.05, 4.69) is 49.0 Å². The van der Waals surface area contributed by atoms with Gasteiger partial charge in [-0.3, -0.25) is 14.7 Å². The van der Waals surface area contributed by atoms with Crippen molar-refractivity contribution in [1.82, 2.24) is 35.2 Å². The van der Waals surface area contributed by atoms with Gasteiger partial charge in [0.1, 0.15) is 12.2 Å². The summed E-state index contributed by atoms with van der Waals surface area (Å²) in [5.74, 6) is 2.06. The third-order valence-electron chi connectivity index (χ3n) is 4.62. The number of carbonyl (C=O) groups excluding carboxylic acids is 1. The number of aliphatic imine (C=N–C) groups is 1. The van der Waals surface area contributed by atoms with Gasteiger partial charge in [0.15, 0.2) is 5.96 Å². The topological polar surface area (TPSA) is 90.7 Å². The first-order chi connectivity index (χ1) is 13.5. The van der Waals surface area contributed by atoms with Gasteiger partial charge in [0, 0.05) is 58.3 Å². The molecule has 2 rings (SSSR count). The molecular weight excluding hydrogens is 356 g/mol. The molecule has 1 aromatic rings. The van der Waals surface area contributed by atoms with E-state index < -0.39 is 0 Å². The number of piperazine rings is 1. The smallest absolute Gasteiger partial charge is 0.234 e. The number of aromatic nitrogens is 3. The molecule has 0 radical (unpaired) electrons. The van der Waals surface area contributed by atoms with Crippen molar-refractivity contribution in [1.29, 1.82) is 0 Å². The van der Waals surface area contributed by atoms with Gasteiger partial charge in [-0.2, -0.15) is 0 Å². The number of nitrogens with one attached hydrogen (secondary N) is 2. The third kappa shape index (κ3) is 7.10. The summed E-state index contributed by atoms with van der Waals surface area (Å²) < 4.78 is 2.08. The van der Waals surface area contributed by atoms with Crippen molar-refractivity contribution < 1.29 is 4.79 Å². The number of aryl methyl sites for hydroxylation is 1.